The van der Waals surface area contributed by atoms with Crippen molar-refractivity contribution in [2.75, 3.05) is 16.0 Å². The molecule has 6 heteroatoms. The lowest BCUT2D eigenvalue weighted by Gasteiger charge is -2.11. The summed E-state index contributed by atoms with van der Waals surface area (Å²) in [5, 5.41) is 8.78. The highest BCUT2D eigenvalue weighted by molar-refractivity contribution is 6.03. The van der Waals surface area contributed by atoms with Crippen molar-refractivity contribution in [1.29, 1.82) is 0 Å². The Labute approximate surface area is 170 Å². The molecular weight excluding hydrogens is 364 g/mol. The van der Waals surface area contributed by atoms with Gasteiger partial charge in [-0.25, -0.2) is 0 Å². The second kappa shape index (κ2) is 9.01. The van der Waals surface area contributed by atoms with Gasteiger partial charge >= 0.3 is 0 Å². The second-order valence-electron chi connectivity index (χ2n) is 7.05. The number of amides is 2. The lowest BCUT2D eigenvalue weighted by molar-refractivity contribution is -0.114. The first-order chi connectivity index (χ1) is 13.9. The SMILES string of the molecule is CC(=O)Nc1cccc(NC(=O)c2cc(Nc3ccc(C(C)C)cc3)ccn2)c1. The van der Waals surface area contributed by atoms with Crippen molar-refractivity contribution in [3.63, 3.8) is 0 Å². The van der Waals surface area contributed by atoms with Crippen LogP contribution >= 0.6 is 0 Å². The molecule has 0 spiro atoms. The van der Waals surface area contributed by atoms with Gasteiger partial charge in [0.25, 0.3) is 5.91 Å². The molecule has 0 aliphatic carbocycles. The van der Waals surface area contributed by atoms with E-state index in [1.165, 1.54) is 12.5 Å². The van der Waals surface area contributed by atoms with Gasteiger partial charge in [0.1, 0.15) is 5.69 Å². The van der Waals surface area contributed by atoms with Crippen LogP contribution in [0.4, 0.5) is 22.7 Å². The molecule has 3 N–H and O–H groups in total. The van der Waals surface area contributed by atoms with E-state index in [1.807, 2.05) is 18.2 Å². The van der Waals surface area contributed by atoms with Crippen molar-refractivity contribution >= 4 is 34.6 Å². The van der Waals surface area contributed by atoms with Gasteiger partial charge in [0.05, 0.1) is 0 Å². The van der Waals surface area contributed by atoms with Gasteiger partial charge < -0.3 is 16.0 Å². The van der Waals surface area contributed by atoms with Gasteiger partial charge in [-0.3, -0.25) is 14.6 Å². The first-order valence-corrected chi connectivity index (χ1v) is 9.43. The number of pyridine rings is 1. The number of hydrogen-bond acceptors (Lipinski definition) is 4. The quantitative estimate of drug-likeness (QED) is 0.545. The summed E-state index contributed by atoms with van der Waals surface area (Å²) in [4.78, 5) is 27.9. The van der Waals surface area contributed by atoms with Gasteiger partial charge in [-0.15, -0.1) is 0 Å². The molecule has 6 nitrogen and oxygen atoms in total. The number of aromatic nitrogens is 1. The number of carbonyl (C=O) groups is 2. The zero-order valence-corrected chi connectivity index (χ0v) is 16.7. The maximum atomic E-state index is 12.6. The standard InChI is InChI=1S/C23H24N4O2/c1-15(2)17-7-9-18(10-8-17)26-21-11-12-24-22(14-21)23(29)27-20-6-4-5-19(13-20)25-16(3)28/h4-15H,1-3H3,(H,24,26)(H,25,28)(H,27,29). The third-order valence-corrected chi connectivity index (χ3v) is 4.30. The van der Waals surface area contributed by atoms with E-state index < -0.39 is 0 Å². The lowest BCUT2D eigenvalue weighted by Crippen LogP contribution is -2.14. The normalized spacial score (nSPS) is 10.5. The zero-order chi connectivity index (χ0) is 20.8. The van der Waals surface area contributed by atoms with Gasteiger partial charge in [0, 0.05) is 35.9 Å². The maximum Gasteiger partial charge on any atom is 0.274 e. The van der Waals surface area contributed by atoms with Crippen LogP contribution in [0.5, 0.6) is 0 Å². The van der Waals surface area contributed by atoms with Crippen molar-refractivity contribution in [2.45, 2.75) is 26.7 Å². The smallest absolute Gasteiger partial charge is 0.274 e. The largest absolute Gasteiger partial charge is 0.355 e. The minimum atomic E-state index is -0.330. The molecule has 2 amide bonds. The molecule has 0 fully saturated rings. The molecule has 1 aromatic heterocycles. The molecule has 0 radical (unpaired) electrons. The number of rotatable bonds is 6. The number of anilines is 4. The van der Waals surface area contributed by atoms with Crippen LogP contribution in [0, 0.1) is 0 Å². The van der Waals surface area contributed by atoms with Gasteiger partial charge in [0.2, 0.25) is 5.91 Å². The van der Waals surface area contributed by atoms with Crippen LogP contribution in [-0.4, -0.2) is 16.8 Å². The van der Waals surface area contributed by atoms with Gasteiger partial charge in [0.15, 0.2) is 0 Å². The Morgan fingerprint density at radius 2 is 1.52 bits per heavy atom. The van der Waals surface area contributed by atoms with Crippen molar-refractivity contribution in [1.82, 2.24) is 4.98 Å². The summed E-state index contributed by atoms with van der Waals surface area (Å²) in [6.07, 6.45) is 1.59. The number of nitrogens with one attached hydrogen (secondary N) is 3. The number of carbonyl (C=O) groups excluding carboxylic acids is 2. The third kappa shape index (κ3) is 5.65. The number of hydrogen-bond donors (Lipinski definition) is 3. The Bertz CT molecular complexity index is 1010. The fourth-order valence-electron chi connectivity index (χ4n) is 2.82. The molecule has 0 unspecified atom stereocenters. The predicted octanol–water partition coefficient (Wildman–Crippen LogP) is 5.16. The molecular formula is C23H24N4O2. The zero-order valence-electron chi connectivity index (χ0n) is 16.7. The maximum absolute atomic E-state index is 12.6. The van der Waals surface area contributed by atoms with E-state index in [2.05, 4.69) is 46.9 Å². The van der Waals surface area contributed by atoms with Crippen molar-refractivity contribution in [2.24, 2.45) is 0 Å². The molecule has 3 aromatic rings. The first kappa shape index (κ1) is 20.1. The van der Waals surface area contributed by atoms with E-state index in [1.54, 1.807) is 36.5 Å². The monoisotopic (exact) mass is 388 g/mol. The highest BCUT2D eigenvalue weighted by atomic mass is 16.2. The van der Waals surface area contributed by atoms with Crippen LogP contribution < -0.4 is 16.0 Å². The van der Waals surface area contributed by atoms with E-state index in [4.69, 9.17) is 0 Å². The van der Waals surface area contributed by atoms with Crippen molar-refractivity contribution in [3.8, 4) is 0 Å². The minimum absolute atomic E-state index is 0.171. The van der Waals surface area contributed by atoms with Gasteiger partial charge in [-0.1, -0.05) is 32.0 Å². The molecule has 2 aromatic carbocycles. The summed E-state index contributed by atoms with van der Waals surface area (Å²) in [5.74, 6) is -0.0245. The molecule has 0 bridgehead atoms. The van der Waals surface area contributed by atoms with E-state index in [9.17, 15) is 9.59 Å². The molecule has 0 saturated heterocycles. The van der Waals surface area contributed by atoms with Crippen LogP contribution in [-0.2, 0) is 4.79 Å². The summed E-state index contributed by atoms with van der Waals surface area (Å²) in [5.41, 5.74) is 4.46. The summed E-state index contributed by atoms with van der Waals surface area (Å²) >= 11 is 0. The highest BCUT2D eigenvalue weighted by Crippen LogP contribution is 2.21. The average Bonchev–Trinajstić information content (AvgIpc) is 2.68. The van der Waals surface area contributed by atoms with E-state index in [0.717, 1.165) is 11.4 Å². The van der Waals surface area contributed by atoms with Crippen molar-refractivity contribution < 1.29 is 9.59 Å². The molecule has 0 saturated carbocycles. The highest BCUT2D eigenvalue weighted by Gasteiger charge is 2.10. The minimum Gasteiger partial charge on any atom is -0.355 e. The van der Waals surface area contributed by atoms with Gasteiger partial charge in [-0.2, -0.15) is 0 Å². The summed E-state index contributed by atoms with van der Waals surface area (Å²) in [6.45, 7) is 5.74. The molecule has 3 rings (SSSR count). The van der Waals surface area contributed by atoms with Crippen LogP contribution in [0.25, 0.3) is 0 Å². The van der Waals surface area contributed by atoms with E-state index >= 15 is 0 Å². The third-order valence-electron chi connectivity index (χ3n) is 4.30. The Morgan fingerprint density at radius 1 is 0.828 bits per heavy atom. The fourth-order valence-corrected chi connectivity index (χ4v) is 2.82. The van der Waals surface area contributed by atoms with Gasteiger partial charge in [-0.05, 0) is 53.9 Å². The lowest BCUT2D eigenvalue weighted by atomic mass is 10.0. The average molecular weight is 388 g/mol. The van der Waals surface area contributed by atoms with Crippen LogP contribution in [0.1, 0.15) is 42.7 Å². The van der Waals surface area contributed by atoms with E-state index in [-0.39, 0.29) is 11.8 Å². The summed E-state index contributed by atoms with van der Waals surface area (Å²) in [6, 6.07) is 18.7. The van der Waals surface area contributed by atoms with Crippen LogP contribution in [0.15, 0.2) is 66.9 Å². The molecule has 1 heterocycles. The number of benzene rings is 2. The summed E-state index contributed by atoms with van der Waals surface area (Å²) < 4.78 is 0. The topological polar surface area (TPSA) is 83.1 Å². The molecule has 29 heavy (non-hydrogen) atoms. The number of nitrogens with zero attached hydrogens (tertiary/aromatic N) is 1. The van der Waals surface area contributed by atoms with Crippen molar-refractivity contribution in [3.05, 3.63) is 78.1 Å². The van der Waals surface area contributed by atoms with Crippen LogP contribution in [0.3, 0.4) is 0 Å². The predicted molar refractivity (Wildman–Crippen MR) is 117 cm³/mol. The second-order valence-corrected chi connectivity index (χ2v) is 7.05. The molecule has 148 valence electrons. The Balaban J connectivity index is 1.70. The van der Waals surface area contributed by atoms with Crippen LogP contribution in [0.2, 0.25) is 0 Å². The molecule has 0 atom stereocenters. The first-order valence-electron chi connectivity index (χ1n) is 9.43. The van der Waals surface area contributed by atoms with E-state index in [0.29, 0.717) is 23.0 Å². The molecule has 0 aliphatic heterocycles. The fraction of sp³-hybridized carbons (Fsp3) is 0.174. The Kier molecular flexibility index (Phi) is 6.24. The molecule has 0 aliphatic rings. The Morgan fingerprint density at radius 3 is 2.17 bits per heavy atom. The Hall–Kier alpha value is -3.67. The summed E-state index contributed by atoms with van der Waals surface area (Å²) in [7, 11) is 0.